The number of aliphatic hydroxyl groups excluding tert-OH is 1. The van der Waals surface area contributed by atoms with Crippen molar-refractivity contribution < 1.29 is 24.5 Å². The van der Waals surface area contributed by atoms with Gasteiger partial charge in [0.15, 0.2) is 12.1 Å². The number of aliphatic carboxylic acids is 1. The summed E-state index contributed by atoms with van der Waals surface area (Å²) in [6.45, 7) is 0.0329. The number of para-hydroxylation sites is 1. The molecule has 0 aliphatic rings. The van der Waals surface area contributed by atoms with Crippen LogP contribution in [0.4, 0.5) is 0 Å². The fraction of sp³-hybridized carbons (Fsp3) is 0.174. The first-order valence-electron chi connectivity index (χ1n) is 9.82. The number of carbonyl (C=O) groups is 2. The molecule has 0 saturated carbocycles. The van der Waals surface area contributed by atoms with Gasteiger partial charge in [-0.2, -0.15) is 0 Å². The summed E-state index contributed by atoms with van der Waals surface area (Å²) in [6, 6.07) is 16.3. The first kappa shape index (κ1) is 21.1. The number of benzene rings is 2. The molecule has 2 heterocycles. The molecule has 0 saturated heterocycles. The number of aromatic nitrogens is 2. The maximum absolute atomic E-state index is 12.5. The topological polar surface area (TPSA) is 145 Å². The number of rotatable bonds is 7. The summed E-state index contributed by atoms with van der Waals surface area (Å²) >= 11 is 0. The third-order valence-electron chi connectivity index (χ3n) is 5.21. The summed E-state index contributed by atoms with van der Waals surface area (Å²) in [5, 5.41) is 22.3. The van der Waals surface area contributed by atoms with Gasteiger partial charge in [0.05, 0.1) is 17.9 Å². The Morgan fingerprint density at radius 3 is 2.53 bits per heavy atom. The maximum Gasteiger partial charge on any atom is 0.331 e. The van der Waals surface area contributed by atoms with Crippen molar-refractivity contribution in [2.75, 3.05) is 13.2 Å². The van der Waals surface area contributed by atoms with E-state index in [2.05, 4.69) is 15.3 Å². The summed E-state index contributed by atoms with van der Waals surface area (Å²) < 4.78 is 5.47. The van der Waals surface area contributed by atoms with Crippen molar-refractivity contribution >= 4 is 33.7 Å². The minimum atomic E-state index is -1.78. The minimum absolute atomic E-state index is 0.214. The molecule has 0 radical (unpaired) electrons. The van der Waals surface area contributed by atoms with Crippen LogP contribution >= 0.6 is 0 Å². The molecule has 4 aromatic rings. The van der Waals surface area contributed by atoms with Gasteiger partial charge in [-0.3, -0.25) is 9.59 Å². The van der Waals surface area contributed by atoms with Crippen molar-refractivity contribution in [1.82, 2.24) is 15.3 Å². The van der Waals surface area contributed by atoms with Crippen LogP contribution in [0.15, 0.2) is 59.4 Å². The lowest BCUT2D eigenvalue weighted by atomic mass is 10.0. The number of carbonyl (C=O) groups excluding carboxylic acids is 1. The van der Waals surface area contributed by atoms with Gasteiger partial charge in [0, 0.05) is 16.4 Å². The second-order valence-electron chi connectivity index (χ2n) is 7.66. The smallest absolute Gasteiger partial charge is 0.331 e. The lowest BCUT2D eigenvalue weighted by Gasteiger charge is -2.23. The Bertz CT molecular complexity index is 1390. The highest BCUT2D eigenvalue weighted by Crippen LogP contribution is 2.26. The number of carboxylic acids is 1. The fourth-order valence-electron chi connectivity index (χ4n) is 3.35. The second-order valence-corrected chi connectivity index (χ2v) is 7.66. The van der Waals surface area contributed by atoms with E-state index in [0.29, 0.717) is 17.0 Å². The molecule has 32 heavy (non-hydrogen) atoms. The van der Waals surface area contributed by atoms with E-state index in [4.69, 9.17) is 9.84 Å². The number of aromatic amines is 2. The number of carboxylic acid groups (broad SMARTS) is 1. The van der Waals surface area contributed by atoms with Gasteiger partial charge in [-0.05, 0) is 48.7 Å². The zero-order chi connectivity index (χ0) is 22.9. The van der Waals surface area contributed by atoms with Crippen LogP contribution in [-0.2, 0) is 9.59 Å². The lowest BCUT2D eigenvalue weighted by Crippen LogP contribution is -2.56. The molecule has 2 aromatic carbocycles. The number of H-pyrrole nitrogens is 2. The molecule has 2 aromatic heterocycles. The van der Waals surface area contributed by atoms with Crippen molar-refractivity contribution in [1.29, 1.82) is 0 Å². The van der Waals surface area contributed by atoms with Gasteiger partial charge < -0.3 is 30.2 Å². The molecule has 1 amide bonds. The number of nitrogens with one attached hydrogen (secondary N) is 3. The minimum Gasteiger partial charge on any atom is -0.484 e. The molecular weight excluding hydrogens is 414 g/mol. The van der Waals surface area contributed by atoms with Gasteiger partial charge in [0.1, 0.15) is 5.75 Å². The highest BCUT2D eigenvalue weighted by Gasteiger charge is 2.34. The molecule has 0 aliphatic carbocycles. The van der Waals surface area contributed by atoms with E-state index in [1.54, 1.807) is 18.2 Å². The number of fused-ring (bicyclic) bond motifs is 2. The zero-order valence-corrected chi connectivity index (χ0v) is 17.1. The molecule has 0 fully saturated rings. The zero-order valence-electron chi connectivity index (χ0n) is 17.1. The summed E-state index contributed by atoms with van der Waals surface area (Å²) in [4.78, 5) is 41.8. The van der Waals surface area contributed by atoms with Crippen LogP contribution in [0.1, 0.15) is 6.92 Å². The highest BCUT2D eigenvalue weighted by molar-refractivity contribution is 5.90. The number of aliphatic hydroxyl groups is 1. The molecule has 4 rings (SSSR count). The molecule has 0 bridgehead atoms. The summed E-state index contributed by atoms with van der Waals surface area (Å²) in [6.07, 6.45) is 0. The molecule has 0 unspecified atom stereocenters. The monoisotopic (exact) mass is 435 g/mol. The second kappa shape index (κ2) is 8.20. The number of hydrogen-bond donors (Lipinski definition) is 5. The summed E-state index contributed by atoms with van der Waals surface area (Å²) in [7, 11) is 0. The standard InChI is InChI=1S/C23H21N3O6/c1-23(12-27,22(30)31)26-20(28)11-32-15-6-7-18-14(8-15)10-19(24-18)16-9-13-4-2-3-5-17(13)25-21(16)29/h2-10,24,27H,11-12H2,1H3,(H,25,29)(H,26,28)(H,30,31)/t23-/m1/s1. The Morgan fingerprint density at radius 2 is 1.78 bits per heavy atom. The van der Waals surface area contributed by atoms with Gasteiger partial charge in [0.2, 0.25) is 0 Å². The normalized spacial score (nSPS) is 13.1. The van der Waals surface area contributed by atoms with Crippen molar-refractivity contribution in [3.05, 3.63) is 65.0 Å². The van der Waals surface area contributed by atoms with Crippen molar-refractivity contribution in [3.8, 4) is 17.0 Å². The Labute approximate surface area is 181 Å². The van der Waals surface area contributed by atoms with Crippen LogP contribution in [0, 0.1) is 0 Å². The number of ether oxygens (including phenoxy) is 1. The van der Waals surface area contributed by atoms with Gasteiger partial charge in [-0.15, -0.1) is 0 Å². The van der Waals surface area contributed by atoms with Crippen LogP contribution in [0.25, 0.3) is 33.1 Å². The molecule has 9 heteroatoms. The third kappa shape index (κ3) is 4.06. The van der Waals surface area contributed by atoms with Crippen molar-refractivity contribution in [2.24, 2.45) is 0 Å². The largest absolute Gasteiger partial charge is 0.484 e. The fourth-order valence-corrected chi connectivity index (χ4v) is 3.35. The summed E-state index contributed by atoms with van der Waals surface area (Å²) in [5.74, 6) is -1.63. The van der Waals surface area contributed by atoms with Crippen LogP contribution in [0.3, 0.4) is 0 Å². The molecular formula is C23H21N3O6. The van der Waals surface area contributed by atoms with Crippen molar-refractivity contribution in [2.45, 2.75) is 12.5 Å². The Balaban J connectivity index is 1.54. The van der Waals surface area contributed by atoms with E-state index in [-0.39, 0.29) is 5.56 Å². The van der Waals surface area contributed by atoms with Gasteiger partial charge in [-0.25, -0.2) is 4.79 Å². The molecule has 1 atom stereocenters. The number of amides is 1. The van der Waals surface area contributed by atoms with Crippen LogP contribution in [-0.4, -0.2) is 50.8 Å². The van der Waals surface area contributed by atoms with E-state index in [1.807, 2.05) is 36.4 Å². The van der Waals surface area contributed by atoms with Gasteiger partial charge in [-0.1, -0.05) is 18.2 Å². The van der Waals surface area contributed by atoms with Crippen LogP contribution in [0.5, 0.6) is 5.75 Å². The molecule has 5 N–H and O–H groups in total. The third-order valence-corrected chi connectivity index (χ3v) is 5.21. The van der Waals surface area contributed by atoms with Crippen LogP contribution < -0.4 is 15.6 Å². The molecule has 0 spiro atoms. The van der Waals surface area contributed by atoms with E-state index in [9.17, 15) is 19.5 Å². The predicted octanol–water partition coefficient (Wildman–Crippen LogP) is 2.01. The first-order chi connectivity index (χ1) is 15.3. The predicted molar refractivity (Wildman–Crippen MR) is 119 cm³/mol. The average Bonchev–Trinajstić information content (AvgIpc) is 3.20. The van der Waals surface area contributed by atoms with Crippen LogP contribution in [0.2, 0.25) is 0 Å². The number of hydrogen-bond acceptors (Lipinski definition) is 5. The number of pyridine rings is 1. The summed E-state index contributed by atoms with van der Waals surface area (Å²) in [5.41, 5.74) is 0.677. The quantitative estimate of drug-likeness (QED) is 0.300. The lowest BCUT2D eigenvalue weighted by molar-refractivity contribution is -0.149. The Kier molecular flexibility index (Phi) is 5.41. The van der Waals surface area contributed by atoms with E-state index in [0.717, 1.165) is 21.8 Å². The molecule has 0 aliphatic heterocycles. The van der Waals surface area contributed by atoms with Gasteiger partial charge >= 0.3 is 5.97 Å². The van der Waals surface area contributed by atoms with E-state index in [1.165, 1.54) is 6.92 Å². The Morgan fingerprint density at radius 1 is 1.03 bits per heavy atom. The molecule has 9 nitrogen and oxygen atoms in total. The van der Waals surface area contributed by atoms with Gasteiger partial charge in [0.25, 0.3) is 11.5 Å². The van der Waals surface area contributed by atoms with E-state index < -0.39 is 30.6 Å². The Hall–Kier alpha value is -4.11. The SMILES string of the molecule is C[C@](CO)(NC(=O)COc1ccc2[nH]c(-c3cc4ccccc4[nH]c3=O)cc2c1)C(=O)O. The average molecular weight is 435 g/mol. The first-order valence-corrected chi connectivity index (χ1v) is 9.82. The molecule has 164 valence electrons. The van der Waals surface area contributed by atoms with Crippen molar-refractivity contribution in [3.63, 3.8) is 0 Å². The highest BCUT2D eigenvalue weighted by atomic mass is 16.5. The van der Waals surface area contributed by atoms with E-state index >= 15 is 0 Å². The maximum atomic E-state index is 12.5.